The summed E-state index contributed by atoms with van der Waals surface area (Å²) in [5, 5.41) is 17.7. The van der Waals surface area contributed by atoms with Gasteiger partial charge in [-0.2, -0.15) is 5.10 Å². The highest BCUT2D eigenvalue weighted by atomic mass is 16.6. The lowest BCUT2D eigenvalue weighted by Crippen LogP contribution is -1.98. The van der Waals surface area contributed by atoms with Gasteiger partial charge in [-0.05, 0) is 13.0 Å². The average molecular weight is 233 g/mol. The maximum atomic E-state index is 10.6. The van der Waals surface area contributed by atoms with Crippen molar-refractivity contribution in [2.75, 3.05) is 5.32 Å². The van der Waals surface area contributed by atoms with E-state index >= 15 is 0 Å². The summed E-state index contributed by atoms with van der Waals surface area (Å²) in [5.41, 5.74) is 0.569. The fraction of sp³-hybridized carbons (Fsp3) is 0.200. The standard InChI is InChI=1S/C10H11N5O2/c1-7-5-10(11-6-8(7)15(16)17)12-9-3-4-14(2)13-9/h3-6H,1-2H3,(H,11,12,13). The van der Waals surface area contributed by atoms with E-state index in [-0.39, 0.29) is 5.69 Å². The molecule has 0 aliphatic rings. The number of pyridine rings is 1. The van der Waals surface area contributed by atoms with Crippen molar-refractivity contribution in [2.45, 2.75) is 6.92 Å². The summed E-state index contributed by atoms with van der Waals surface area (Å²) < 4.78 is 1.65. The van der Waals surface area contributed by atoms with Crippen LogP contribution in [0.15, 0.2) is 24.5 Å². The van der Waals surface area contributed by atoms with Crippen LogP contribution in [0.5, 0.6) is 0 Å². The molecule has 7 nitrogen and oxygen atoms in total. The second-order valence-corrected chi connectivity index (χ2v) is 3.61. The van der Waals surface area contributed by atoms with E-state index in [9.17, 15) is 10.1 Å². The van der Waals surface area contributed by atoms with Crippen LogP contribution in [0.4, 0.5) is 17.3 Å². The van der Waals surface area contributed by atoms with Gasteiger partial charge < -0.3 is 5.32 Å². The van der Waals surface area contributed by atoms with Crippen LogP contribution >= 0.6 is 0 Å². The maximum absolute atomic E-state index is 10.6. The molecule has 2 aromatic rings. The van der Waals surface area contributed by atoms with Gasteiger partial charge in [0.05, 0.1) is 4.92 Å². The zero-order valence-corrected chi connectivity index (χ0v) is 9.41. The van der Waals surface area contributed by atoms with Crippen molar-refractivity contribution in [1.82, 2.24) is 14.8 Å². The van der Waals surface area contributed by atoms with E-state index in [0.717, 1.165) is 0 Å². The molecule has 0 saturated heterocycles. The van der Waals surface area contributed by atoms with E-state index in [2.05, 4.69) is 15.4 Å². The molecule has 2 aromatic heterocycles. The van der Waals surface area contributed by atoms with Gasteiger partial charge in [-0.1, -0.05) is 0 Å². The quantitative estimate of drug-likeness (QED) is 0.645. The molecule has 0 atom stereocenters. The highest BCUT2D eigenvalue weighted by molar-refractivity contribution is 5.54. The number of nitrogens with one attached hydrogen (secondary N) is 1. The minimum absolute atomic E-state index is 0.0107. The fourth-order valence-electron chi connectivity index (χ4n) is 1.42. The molecule has 0 bridgehead atoms. The Kier molecular flexibility index (Phi) is 2.73. The van der Waals surface area contributed by atoms with Crippen LogP contribution in [0.25, 0.3) is 0 Å². The number of nitrogens with zero attached hydrogens (tertiary/aromatic N) is 4. The summed E-state index contributed by atoms with van der Waals surface area (Å²) in [6, 6.07) is 3.41. The predicted molar refractivity (Wildman–Crippen MR) is 62.1 cm³/mol. The minimum atomic E-state index is -0.452. The summed E-state index contributed by atoms with van der Waals surface area (Å²) in [7, 11) is 1.81. The minimum Gasteiger partial charge on any atom is -0.323 e. The van der Waals surface area contributed by atoms with Crippen molar-refractivity contribution < 1.29 is 4.92 Å². The maximum Gasteiger partial charge on any atom is 0.290 e. The van der Waals surface area contributed by atoms with Gasteiger partial charge in [0.15, 0.2) is 5.82 Å². The highest BCUT2D eigenvalue weighted by Crippen LogP contribution is 2.20. The Morgan fingerprint density at radius 3 is 2.76 bits per heavy atom. The molecule has 0 spiro atoms. The van der Waals surface area contributed by atoms with Crippen LogP contribution < -0.4 is 5.32 Å². The van der Waals surface area contributed by atoms with E-state index in [0.29, 0.717) is 17.2 Å². The number of hydrogen-bond acceptors (Lipinski definition) is 5. The molecule has 17 heavy (non-hydrogen) atoms. The van der Waals surface area contributed by atoms with Crippen LogP contribution in [0.3, 0.4) is 0 Å². The van der Waals surface area contributed by atoms with E-state index in [1.54, 1.807) is 37.0 Å². The first-order valence-corrected chi connectivity index (χ1v) is 4.94. The first-order valence-electron chi connectivity index (χ1n) is 4.94. The number of hydrogen-bond donors (Lipinski definition) is 1. The Morgan fingerprint density at radius 2 is 2.24 bits per heavy atom. The molecule has 0 aromatic carbocycles. The number of rotatable bonds is 3. The van der Waals surface area contributed by atoms with Gasteiger partial charge in [0, 0.05) is 24.9 Å². The molecule has 0 unspecified atom stereocenters. The zero-order valence-electron chi connectivity index (χ0n) is 9.41. The lowest BCUT2D eigenvalue weighted by atomic mass is 10.2. The van der Waals surface area contributed by atoms with Crippen LogP contribution in [-0.4, -0.2) is 19.7 Å². The van der Waals surface area contributed by atoms with Crippen LogP contribution in [0, 0.1) is 17.0 Å². The summed E-state index contributed by atoms with van der Waals surface area (Å²) in [4.78, 5) is 14.1. The monoisotopic (exact) mass is 233 g/mol. The Morgan fingerprint density at radius 1 is 1.47 bits per heavy atom. The Balaban J connectivity index is 2.23. The molecule has 0 aliphatic carbocycles. The van der Waals surface area contributed by atoms with Gasteiger partial charge in [-0.25, -0.2) is 4.98 Å². The molecule has 88 valence electrons. The number of anilines is 2. The summed E-state index contributed by atoms with van der Waals surface area (Å²) in [6.45, 7) is 1.67. The van der Waals surface area contributed by atoms with E-state index in [1.165, 1.54) is 6.20 Å². The van der Waals surface area contributed by atoms with Crippen LogP contribution in [0.1, 0.15) is 5.56 Å². The van der Waals surface area contributed by atoms with Gasteiger partial charge in [0.2, 0.25) is 0 Å². The van der Waals surface area contributed by atoms with Crippen molar-refractivity contribution in [1.29, 1.82) is 0 Å². The van der Waals surface area contributed by atoms with E-state index < -0.39 is 4.92 Å². The molecular weight excluding hydrogens is 222 g/mol. The van der Waals surface area contributed by atoms with Crippen molar-refractivity contribution in [2.24, 2.45) is 7.05 Å². The van der Waals surface area contributed by atoms with E-state index in [4.69, 9.17) is 0 Å². The smallest absolute Gasteiger partial charge is 0.290 e. The Hall–Kier alpha value is -2.44. The first kappa shape index (κ1) is 11.1. The molecular formula is C10H11N5O2. The second kappa shape index (κ2) is 4.20. The Bertz CT molecular complexity index is 564. The SMILES string of the molecule is Cc1cc(Nc2ccn(C)n2)ncc1[N+](=O)[O-]. The van der Waals surface area contributed by atoms with Gasteiger partial charge in [-0.3, -0.25) is 14.8 Å². The molecule has 0 fully saturated rings. The van der Waals surface area contributed by atoms with Crippen LogP contribution in [-0.2, 0) is 7.05 Å². The van der Waals surface area contributed by atoms with E-state index in [1.807, 2.05) is 0 Å². The fourth-order valence-corrected chi connectivity index (χ4v) is 1.42. The lowest BCUT2D eigenvalue weighted by molar-refractivity contribution is -0.385. The summed E-state index contributed by atoms with van der Waals surface area (Å²) in [5.74, 6) is 1.18. The number of aromatic nitrogens is 3. The molecule has 2 rings (SSSR count). The molecule has 0 aliphatic heterocycles. The number of aryl methyl sites for hydroxylation is 2. The van der Waals surface area contributed by atoms with Crippen LogP contribution in [0.2, 0.25) is 0 Å². The highest BCUT2D eigenvalue weighted by Gasteiger charge is 2.11. The third kappa shape index (κ3) is 2.39. The normalized spacial score (nSPS) is 10.2. The van der Waals surface area contributed by atoms with Gasteiger partial charge in [0.25, 0.3) is 5.69 Å². The number of nitro groups is 1. The van der Waals surface area contributed by atoms with Gasteiger partial charge in [-0.15, -0.1) is 0 Å². The predicted octanol–water partition coefficient (Wildman–Crippen LogP) is 1.78. The lowest BCUT2D eigenvalue weighted by Gasteiger charge is -2.03. The first-order chi connectivity index (χ1) is 8.06. The third-order valence-electron chi connectivity index (χ3n) is 2.25. The van der Waals surface area contributed by atoms with Crippen molar-refractivity contribution >= 4 is 17.3 Å². The molecule has 7 heteroatoms. The molecule has 0 saturated carbocycles. The second-order valence-electron chi connectivity index (χ2n) is 3.61. The largest absolute Gasteiger partial charge is 0.323 e. The van der Waals surface area contributed by atoms with Crippen molar-refractivity contribution in [3.63, 3.8) is 0 Å². The topological polar surface area (TPSA) is 85.9 Å². The Labute approximate surface area is 97.2 Å². The average Bonchev–Trinajstić information content (AvgIpc) is 2.63. The summed E-state index contributed by atoms with van der Waals surface area (Å²) in [6.07, 6.45) is 3.03. The third-order valence-corrected chi connectivity index (χ3v) is 2.25. The molecule has 0 amide bonds. The molecule has 2 heterocycles. The molecule has 1 N–H and O–H groups in total. The summed E-state index contributed by atoms with van der Waals surface area (Å²) >= 11 is 0. The van der Waals surface area contributed by atoms with Crippen molar-refractivity contribution in [3.8, 4) is 0 Å². The van der Waals surface area contributed by atoms with Gasteiger partial charge in [0.1, 0.15) is 12.0 Å². The zero-order chi connectivity index (χ0) is 12.4. The van der Waals surface area contributed by atoms with Crippen molar-refractivity contribution in [3.05, 3.63) is 40.2 Å². The van der Waals surface area contributed by atoms with Gasteiger partial charge >= 0.3 is 0 Å². The molecule has 0 radical (unpaired) electrons.